The van der Waals surface area contributed by atoms with Crippen LogP contribution in [0.3, 0.4) is 0 Å². The summed E-state index contributed by atoms with van der Waals surface area (Å²) in [6.07, 6.45) is 2.47. The Morgan fingerprint density at radius 2 is 1.71 bits per heavy atom. The molecule has 2 rings (SSSR count). The molecule has 1 aromatic rings. The highest BCUT2D eigenvalue weighted by molar-refractivity contribution is 6.10. The number of carbonyl (C=O) groups is 4. The lowest BCUT2D eigenvalue weighted by Gasteiger charge is -2.25. The Labute approximate surface area is 165 Å². The Morgan fingerprint density at radius 3 is 2.29 bits per heavy atom. The molecule has 0 saturated carbocycles. The Bertz CT molecular complexity index is 784. The van der Waals surface area contributed by atoms with Crippen LogP contribution in [0.2, 0.25) is 0 Å². The number of amides is 6. The zero-order valence-electron chi connectivity index (χ0n) is 16.8. The number of nitrogens with one attached hydrogen (secondary N) is 3. The zero-order chi connectivity index (χ0) is 20.9. The molecule has 0 spiro atoms. The number of urea groups is 2. The predicted molar refractivity (Wildman–Crippen MR) is 106 cm³/mol. The molecule has 0 atom stereocenters. The van der Waals surface area contributed by atoms with Crippen molar-refractivity contribution in [1.29, 1.82) is 0 Å². The molecule has 6 amide bonds. The van der Waals surface area contributed by atoms with Crippen LogP contribution in [0.15, 0.2) is 18.2 Å². The van der Waals surface area contributed by atoms with Gasteiger partial charge < -0.3 is 10.6 Å². The van der Waals surface area contributed by atoms with Crippen LogP contribution >= 0.6 is 0 Å². The fourth-order valence-corrected chi connectivity index (χ4v) is 3.43. The van der Waals surface area contributed by atoms with Crippen molar-refractivity contribution in [3.8, 4) is 0 Å². The molecule has 28 heavy (non-hydrogen) atoms. The molecule has 152 valence electrons. The third-order valence-corrected chi connectivity index (χ3v) is 4.92. The minimum absolute atomic E-state index is 0.411. The summed E-state index contributed by atoms with van der Waals surface area (Å²) in [5.74, 6) is -1.14. The van der Waals surface area contributed by atoms with E-state index in [9.17, 15) is 19.2 Å². The molecule has 0 bridgehead atoms. The maximum absolute atomic E-state index is 12.8. The number of rotatable bonds is 7. The smallest absolute Gasteiger partial charge is 0.323 e. The largest absolute Gasteiger partial charge is 0.325 e. The molecular weight excluding hydrogens is 360 g/mol. The van der Waals surface area contributed by atoms with Gasteiger partial charge in [-0.05, 0) is 49.9 Å². The third kappa shape index (κ3) is 4.68. The van der Waals surface area contributed by atoms with Gasteiger partial charge in [0.05, 0.1) is 0 Å². The maximum Gasteiger partial charge on any atom is 0.325 e. The quantitative estimate of drug-likeness (QED) is 0.624. The highest BCUT2D eigenvalue weighted by atomic mass is 16.2. The molecule has 1 heterocycles. The molecule has 0 unspecified atom stereocenters. The van der Waals surface area contributed by atoms with Gasteiger partial charge in [-0.3, -0.25) is 19.8 Å². The molecule has 8 heteroatoms. The minimum atomic E-state index is -0.956. The van der Waals surface area contributed by atoms with Gasteiger partial charge in [-0.25, -0.2) is 9.59 Å². The van der Waals surface area contributed by atoms with E-state index in [1.54, 1.807) is 12.1 Å². The monoisotopic (exact) mass is 388 g/mol. The molecule has 1 aromatic carbocycles. The van der Waals surface area contributed by atoms with E-state index in [4.69, 9.17) is 0 Å². The van der Waals surface area contributed by atoms with Crippen LogP contribution in [0.4, 0.5) is 15.3 Å². The summed E-state index contributed by atoms with van der Waals surface area (Å²) in [5, 5.41) is 7.47. The second-order valence-corrected chi connectivity index (χ2v) is 7.20. The van der Waals surface area contributed by atoms with Gasteiger partial charge in [0, 0.05) is 5.69 Å². The fourth-order valence-electron chi connectivity index (χ4n) is 3.43. The predicted octanol–water partition coefficient (Wildman–Crippen LogP) is 2.84. The van der Waals surface area contributed by atoms with Crippen molar-refractivity contribution in [2.24, 2.45) is 0 Å². The van der Waals surface area contributed by atoms with Crippen molar-refractivity contribution in [2.45, 2.75) is 58.9 Å². The molecule has 0 aromatic heterocycles. The highest BCUT2D eigenvalue weighted by Crippen LogP contribution is 2.27. The zero-order valence-corrected chi connectivity index (χ0v) is 16.8. The normalized spacial score (nSPS) is 15.4. The van der Waals surface area contributed by atoms with Gasteiger partial charge in [0.2, 0.25) is 5.91 Å². The molecule has 3 N–H and O–H groups in total. The Kier molecular flexibility index (Phi) is 6.77. The number of anilines is 1. The number of nitrogens with zero attached hydrogens (tertiary/aromatic N) is 1. The molecule has 0 aliphatic carbocycles. The van der Waals surface area contributed by atoms with Crippen molar-refractivity contribution in [3.05, 3.63) is 29.3 Å². The number of imide groups is 2. The summed E-state index contributed by atoms with van der Waals surface area (Å²) in [6.45, 7) is 7.24. The Balaban J connectivity index is 1.98. The fraction of sp³-hybridized carbons (Fsp3) is 0.500. The lowest BCUT2D eigenvalue weighted by molar-refractivity contribution is -0.135. The lowest BCUT2D eigenvalue weighted by Crippen LogP contribution is -2.48. The second-order valence-electron chi connectivity index (χ2n) is 7.20. The molecule has 1 fully saturated rings. The summed E-state index contributed by atoms with van der Waals surface area (Å²) in [5.41, 5.74) is 1.69. The van der Waals surface area contributed by atoms with Crippen LogP contribution in [-0.2, 0) is 9.59 Å². The summed E-state index contributed by atoms with van der Waals surface area (Å²) in [7, 11) is 0. The number of aryl methyl sites for hydroxylation is 2. The van der Waals surface area contributed by atoms with Crippen LogP contribution in [0, 0.1) is 13.8 Å². The van der Waals surface area contributed by atoms with Crippen molar-refractivity contribution < 1.29 is 19.2 Å². The topological polar surface area (TPSA) is 108 Å². The van der Waals surface area contributed by atoms with E-state index >= 15 is 0 Å². The molecule has 1 aliphatic rings. The first-order chi connectivity index (χ1) is 13.2. The SMILES string of the molecule is CCCC1(CCC)NC(=O)N(CC(=O)NC(=O)Nc2ccc(C)c(C)c2)C1=O. The molecule has 8 nitrogen and oxygen atoms in total. The van der Waals surface area contributed by atoms with E-state index in [0.29, 0.717) is 18.5 Å². The van der Waals surface area contributed by atoms with E-state index in [1.165, 1.54) is 0 Å². The van der Waals surface area contributed by atoms with Crippen LogP contribution in [0.5, 0.6) is 0 Å². The molecule has 1 aliphatic heterocycles. The van der Waals surface area contributed by atoms with Crippen LogP contribution < -0.4 is 16.0 Å². The molecule has 0 radical (unpaired) electrons. The molecular formula is C20H28N4O4. The standard InChI is InChI=1S/C20H28N4O4/c1-5-9-20(10-6-2)17(26)24(19(28)23-20)12-16(25)22-18(27)21-15-8-7-13(3)14(4)11-15/h7-8,11H,5-6,9-10,12H2,1-4H3,(H,23,28)(H2,21,22,25,27). The van der Waals surface area contributed by atoms with Gasteiger partial charge in [0.25, 0.3) is 5.91 Å². The first-order valence-corrected chi connectivity index (χ1v) is 9.54. The maximum atomic E-state index is 12.8. The van der Waals surface area contributed by atoms with Gasteiger partial charge in [0.1, 0.15) is 12.1 Å². The average Bonchev–Trinajstić information content (AvgIpc) is 2.83. The molecule has 1 saturated heterocycles. The van der Waals surface area contributed by atoms with E-state index in [1.807, 2.05) is 33.8 Å². The summed E-state index contributed by atoms with van der Waals surface area (Å²) < 4.78 is 0. The van der Waals surface area contributed by atoms with Gasteiger partial charge >= 0.3 is 12.1 Å². The van der Waals surface area contributed by atoms with Crippen molar-refractivity contribution in [2.75, 3.05) is 11.9 Å². The van der Waals surface area contributed by atoms with Gasteiger partial charge in [-0.1, -0.05) is 32.8 Å². The van der Waals surface area contributed by atoms with Crippen molar-refractivity contribution in [3.63, 3.8) is 0 Å². The summed E-state index contributed by atoms with van der Waals surface area (Å²) >= 11 is 0. The number of carbonyl (C=O) groups excluding carboxylic acids is 4. The number of hydrogen-bond donors (Lipinski definition) is 3. The van der Waals surface area contributed by atoms with Crippen molar-refractivity contribution >= 4 is 29.6 Å². The number of benzene rings is 1. The Morgan fingerprint density at radius 1 is 1.07 bits per heavy atom. The highest BCUT2D eigenvalue weighted by Gasteiger charge is 2.50. The summed E-state index contributed by atoms with van der Waals surface area (Å²) in [6, 6.07) is 4.07. The van der Waals surface area contributed by atoms with E-state index in [2.05, 4.69) is 16.0 Å². The lowest BCUT2D eigenvalue weighted by atomic mass is 9.88. The van der Waals surface area contributed by atoms with E-state index in [0.717, 1.165) is 28.9 Å². The van der Waals surface area contributed by atoms with E-state index < -0.39 is 36.0 Å². The average molecular weight is 388 g/mol. The minimum Gasteiger partial charge on any atom is -0.323 e. The van der Waals surface area contributed by atoms with Crippen LogP contribution in [0.25, 0.3) is 0 Å². The number of hydrogen-bond acceptors (Lipinski definition) is 4. The second kappa shape index (κ2) is 8.86. The Hall–Kier alpha value is -2.90. The van der Waals surface area contributed by atoms with Crippen LogP contribution in [0.1, 0.15) is 50.7 Å². The van der Waals surface area contributed by atoms with Crippen molar-refractivity contribution in [1.82, 2.24) is 15.5 Å². The first kappa shape index (κ1) is 21.4. The first-order valence-electron chi connectivity index (χ1n) is 9.54. The van der Waals surface area contributed by atoms with Gasteiger partial charge in [-0.15, -0.1) is 0 Å². The summed E-state index contributed by atoms with van der Waals surface area (Å²) in [4.78, 5) is 50.1. The van der Waals surface area contributed by atoms with Gasteiger partial charge in [-0.2, -0.15) is 0 Å². The van der Waals surface area contributed by atoms with E-state index in [-0.39, 0.29) is 0 Å². The van der Waals surface area contributed by atoms with Crippen LogP contribution in [-0.4, -0.2) is 40.9 Å². The third-order valence-electron chi connectivity index (χ3n) is 4.92. The van der Waals surface area contributed by atoms with Gasteiger partial charge in [0.15, 0.2) is 0 Å².